The van der Waals surface area contributed by atoms with Gasteiger partial charge in [-0.1, -0.05) is 42.0 Å². The number of benzene rings is 3. The summed E-state index contributed by atoms with van der Waals surface area (Å²) in [5.41, 5.74) is 4.53. The zero-order valence-corrected chi connectivity index (χ0v) is 20.7. The summed E-state index contributed by atoms with van der Waals surface area (Å²) >= 11 is 0. The molecule has 0 saturated carbocycles. The summed E-state index contributed by atoms with van der Waals surface area (Å²) in [6, 6.07) is 37.7. The van der Waals surface area contributed by atoms with Gasteiger partial charge in [0.25, 0.3) is 0 Å². The molecule has 5 heteroatoms. The minimum atomic E-state index is -0.649. The molecular weight excluding hydrogens is 607 g/mol. The number of hydrogen-bond donors (Lipinski definition) is 0. The van der Waals surface area contributed by atoms with E-state index < -0.39 is 11.6 Å². The van der Waals surface area contributed by atoms with E-state index in [4.69, 9.17) is 0 Å². The van der Waals surface area contributed by atoms with Crippen molar-refractivity contribution >= 4 is 0 Å². The smallest absolute Gasteiger partial charge is 0.0408 e. The Balaban J connectivity index is 0.000000233. The molecule has 0 fully saturated rings. The van der Waals surface area contributed by atoms with Gasteiger partial charge in [0.05, 0.1) is 0 Å². The third-order valence-corrected chi connectivity index (χ3v) is 4.50. The zero-order valence-electron chi connectivity index (χ0n) is 18.3. The average Bonchev–Trinajstić information content (AvgIpc) is 2.86. The van der Waals surface area contributed by atoms with Crippen molar-refractivity contribution in [2.45, 2.75) is 0 Å². The van der Waals surface area contributed by atoms with Crippen LogP contribution in [0.4, 0.5) is 8.78 Å². The van der Waals surface area contributed by atoms with Crippen LogP contribution < -0.4 is 0 Å². The maximum Gasteiger partial charge on any atom is 0.0408 e. The minimum Gasteiger partial charge on any atom is -0.358 e. The maximum absolute atomic E-state index is 13.2. The Bertz CT molecular complexity index is 1230. The molecular formula is C29H20F2IrN2-4. The Morgan fingerprint density at radius 3 is 1.74 bits per heavy atom. The van der Waals surface area contributed by atoms with Gasteiger partial charge in [0.15, 0.2) is 0 Å². The fourth-order valence-corrected chi connectivity index (χ4v) is 2.99. The molecule has 0 aliphatic heterocycles. The van der Waals surface area contributed by atoms with E-state index in [1.54, 1.807) is 24.4 Å². The van der Waals surface area contributed by atoms with Gasteiger partial charge < -0.3 is 17.4 Å². The van der Waals surface area contributed by atoms with E-state index in [0.717, 1.165) is 34.6 Å². The molecule has 0 spiro atoms. The topological polar surface area (TPSA) is 25.8 Å². The van der Waals surface area contributed by atoms with Gasteiger partial charge >= 0.3 is 0 Å². The third-order valence-electron chi connectivity index (χ3n) is 4.50. The third kappa shape index (κ3) is 6.98. The Kier molecular flexibility index (Phi) is 10.4. The number of aromatic nitrogens is 2. The van der Waals surface area contributed by atoms with Gasteiger partial charge in [-0.05, 0) is 23.1 Å². The summed E-state index contributed by atoms with van der Waals surface area (Å²) in [7, 11) is 0. The molecule has 0 aliphatic rings. The van der Waals surface area contributed by atoms with Gasteiger partial charge in [0, 0.05) is 37.9 Å². The van der Waals surface area contributed by atoms with Gasteiger partial charge in [0.1, 0.15) is 0 Å². The molecule has 0 unspecified atom stereocenters. The van der Waals surface area contributed by atoms with Gasteiger partial charge in [-0.25, -0.2) is 0 Å². The second kappa shape index (κ2) is 13.2. The van der Waals surface area contributed by atoms with Crippen molar-refractivity contribution in [1.29, 1.82) is 0 Å². The van der Waals surface area contributed by atoms with Gasteiger partial charge in [-0.15, -0.1) is 83.9 Å². The van der Waals surface area contributed by atoms with E-state index >= 15 is 0 Å². The van der Waals surface area contributed by atoms with Crippen LogP contribution in [0.3, 0.4) is 0 Å². The fourth-order valence-electron chi connectivity index (χ4n) is 2.99. The molecule has 0 atom stereocenters. The molecule has 2 nitrogen and oxygen atoms in total. The Morgan fingerprint density at radius 1 is 0.647 bits per heavy atom. The first-order valence-electron chi connectivity index (χ1n) is 9.90. The van der Waals surface area contributed by atoms with Crippen LogP contribution in [-0.4, -0.2) is 9.97 Å². The van der Waals surface area contributed by atoms with Crippen LogP contribution in [0, 0.1) is 37.3 Å². The predicted octanol–water partition coefficient (Wildman–Crippen LogP) is 7.29. The molecule has 34 heavy (non-hydrogen) atoms. The maximum atomic E-state index is 13.2. The number of nitrogens with zero attached hydrogens (tertiary/aromatic N) is 2. The molecule has 0 amide bonds. The summed E-state index contributed by atoms with van der Waals surface area (Å²) in [5, 5.41) is 0. The number of pyridine rings is 2. The molecule has 0 bridgehead atoms. The first-order chi connectivity index (χ1) is 15.7. The molecule has 0 N–H and O–H groups in total. The molecule has 0 aliphatic carbocycles. The van der Waals surface area contributed by atoms with Crippen molar-refractivity contribution in [3.8, 4) is 33.8 Å². The van der Waals surface area contributed by atoms with E-state index in [-0.39, 0.29) is 33.1 Å². The van der Waals surface area contributed by atoms with Crippen molar-refractivity contribution in [2.24, 2.45) is 0 Å². The van der Waals surface area contributed by atoms with Crippen LogP contribution >= 0.6 is 0 Å². The molecule has 5 aromatic rings. The average molecular weight is 627 g/mol. The molecule has 173 valence electrons. The molecule has 2 heterocycles. The second-order valence-electron chi connectivity index (χ2n) is 6.72. The van der Waals surface area contributed by atoms with Crippen molar-refractivity contribution in [3.63, 3.8) is 0 Å². The standard InChI is InChI=1S/C17H11N.C11H6F2N.CH3.Ir/c1-3-8-14(9-4-1)16-12-7-13-17(18-16)15-10-5-2-6-11-15;12-8-4-5-9(10(13)7-8)11-3-1-2-6-14-11;;/h1-8,10,12-13H;1-4,6-7H;1H3;/q-2;2*-1;. The van der Waals surface area contributed by atoms with Crippen LogP contribution in [0.5, 0.6) is 0 Å². The predicted molar refractivity (Wildman–Crippen MR) is 128 cm³/mol. The van der Waals surface area contributed by atoms with Gasteiger partial charge in [-0.2, -0.15) is 0 Å². The Labute approximate surface area is 212 Å². The first-order valence-corrected chi connectivity index (χ1v) is 9.90. The van der Waals surface area contributed by atoms with E-state index in [1.807, 2.05) is 66.7 Å². The minimum absolute atomic E-state index is 0. The van der Waals surface area contributed by atoms with Crippen LogP contribution in [0.15, 0.2) is 103 Å². The summed E-state index contributed by atoms with van der Waals surface area (Å²) in [5.74, 6) is -1.29. The fraction of sp³-hybridized carbons (Fsp3) is 0. The largest absolute Gasteiger partial charge is 0.358 e. The Hall–Kier alpha value is -3.53. The van der Waals surface area contributed by atoms with Crippen LogP contribution in [-0.2, 0) is 20.1 Å². The van der Waals surface area contributed by atoms with Crippen LogP contribution in [0.2, 0.25) is 0 Å². The van der Waals surface area contributed by atoms with Crippen molar-refractivity contribution in [2.75, 3.05) is 0 Å². The SMILES string of the molecule is Fc1c[c-]c(-c2ccccn2)c(F)c1.[CH3-].[Ir].[c-]1ccccc1-c1cccc(-c2[c-]cccc2)n1. The zero-order chi connectivity index (χ0) is 22.2. The molecule has 2 aromatic heterocycles. The number of halogens is 2. The quantitative estimate of drug-likeness (QED) is 0.197. The van der Waals surface area contributed by atoms with Crippen molar-refractivity contribution in [1.82, 2.24) is 9.97 Å². The summed E-state index contributed by atoms with van der Waals surface area (Å²) in [4.78, 5) is 8.60. The second-order valence-corrected chi connectivity index (χ2v) is 6.72. The molecule has 5 rings (SSSR count). The van der Waals surface area contributed by atoms with Gasteiger partial charge in [0.2, 0.25) is 0 Å². The van der Waals surface area contributed by atoms with E-state index in [0.29, 0.717) is 5.69 Å². The monoisotopic (exact) mass is 627 g/mol. The normalized spacial score (nSPS) is 9.59. The summed E-state index contributed by atoms with van der Waals surface area (Å²) in [6.07, 6.45) is 1.55. The van der Waals surface area contributed by atoms with Crippen molar-refractivity contribution in [3.05, 3.63) is 141 Å². The molecule has 1 radical (unpaired) electrons. The first kappa shape index (κ1) is 26.7. The summed E-state index contributed by atoms with van der Waals surface area (Å²) < 4.78 is 25.8. The number of rotatable bonds is 3. The van der Waals surface area contributed by atoms with E-state index in [9.17, 15) is 8.78 Å². The molecule has 0 saturated heterocycles. The van der Waals surface area contributed by atoms with Crippen LogP contribution in [0.25, 0.3) is 33.8 Å². The van der Waals surface area contributed by atoms with E-state index in [1.165, 1.54) is 0 Å². The number of hydrogen-bond acceptors (Lipinski definition) is 2. The van der Waals surface area contributed by atoms with Crippen LogP contribution in [0.1, 0.15) is 0 Å². The Morgan fingerprint density at radius 2 is 1.24 bits per heavy atom. The molecule has 3 aromatic carbocycles. The van der Waals surface area contributed by atoms with E-state index in [2.05, 4.69) is 28.2 Å². The summed E-state index contributed by atoms with van der Waals surface area (Å²) in [6.45, 7) is 0. The van der Waals surface area contributed by atoms with Crippen molar-refractivity contribution < 1.29 is 28.9 Å². The van der Waals surface area contributed by atoms with Gasteiger partial charge in [-0.3, -0.25) is 8.78 Å².